The number of anilines is 4. The first-order chi connectivity index (χ1) is 14.2. The molecular weight excluding hydrogens is 364 g/mol. The number of carbonyl (C=O) groups is 1. The van der Waals surface area contributed by atoms with Crippen LogP contribution >= 0.6 is 0 Å². The molecule has 1 saturated heterocycles. The smallest absolute Gasteiger partial charge is 0.274 e. The zero-order chi connectivity index (χ0) is 20.1. The SMILES string of the molecule is Cc1cc(N2CCCCC2)nc(Nc2ccc(NC(=O)c3ccccn3)cc2)n1. The fourth-order valence-electron chi connectivity index (χ4n) is 3.35. The van der Waals surface area contributed by atoms with Crippen molar-refractivity contribution < 1.29 is 4.79 Å². The van der Waals surface area contributed by atoms with Gasteiger partial charge in [-0.1, -0.05) is 6.07 Å². The number of benzene rings is 1. The van der Waals surface area contributed by atoms with Gasteiger partial charge in [0.15, 0.2) is 0 Å². The molecule has 7 heteroatoms. The summed E-state index contributed by atoms with van der Waals surface area (Å²) in [5.41, 5.74) is 2.87. The lowest BCUT2D eigenvalue weighted by atomic mass is 10.1. The van der Waals surface area contributed by atoms with Crippen molar-refractivity contribution in [2.75, 3.05) is 28.6 Å². The number of pyridine rings is 1. The first-order valence-electron chi connectivity index (χ1n) is 9.87. The number of nitrogens with one attached hydrogen (secondary N) is 2. The van der Waals surface area contributed by atoms with Gasteiger partial charge < -0.3 is 15.5 Å². The number of nitrogens with zero attached hydrogens (tertiary/aromatic N) is 4. The van der Waals surface area contributed by atoms with E-state index in [4.69, 9.17) is 0 Å². The van der Waals surface area contributed by atoms with E-state index in [-0.39, 0.29) is 5.91 Å². The highest BCUT2D eigenvalue weighted by Gasteiger charge is 2.14. The third-order valence-corrected chi connectivity index (χ3v) is 4.82. The number of rotatable bonds is 5. The van der Waals surface area contributed by atoms with Gasteiger partial charge in [0.2, 0.25) is 5.95 Å². The van der Waals surface area contributed by atoms with E-state index in [1.165, 1.54) is 19.3 Å². The molecule has 1 fully saturated rings. The van der Waals surface area contributed by atoms with Crippen LogP contribution in [0.4, 0.5) is 23.1 Å². The van der Waals surface area contributed by atoms with E-state index in [0.717, 1.165) is 30.3 Å². The molecule has 1 aromatic carbocycles. The predicted octanol–water partition coefficient (Wildman–Crippen LogP) is 4.17. The third kappa shape index (κ3) is 4.87. The molecule has 0 bridgehead atoms. The van der Waals surface area contributed by atoms with E-state index in [9.17, 15) is 4.79 Å². The average molecular weight is 388 g/mol. The Hall–Kier alpha value is -3.48. The molecule has 0 aliphatic carbocycles. The highest BCUT2D eigenvalue weighted by Crippen LogP contribution is 2.22. The van der Waals surface area contributed by atoms with E-state index in [0.29, 0.717) is 17.3 Å². The fraction of sp³-hybridized carbons (Fsp3) is 0.273. The standard InChI is InChI=1S/C22H24N6O/c1-16-15-20(28-13-5-2-6-14-28)27-22(24-16)26-18-10-8-17(9-11-18)25-21(29)19-7-3-4-12-23-19/h3-4,7-12,15H,2,5-6,13-14H2,1H3,(H,25,29)(H,24,26,27). The first-order valence-corrected chi connectivity index (χ1v) is 9.87. The lowest BCUT2D eigenvalue weighted by molar-refractivity contribution is 0.102. The van der Waals surface area contributed by atoms with Crippen LogP contribution < -0.4 is 15.5 Å². The Balaban J connectivity index is 1.43. The number of piperidine rings is 1. The zero-order valence-corrected chi connectivity index (χ0v) is 16.4. The summed E-state index contributed by atoms with van der Waals surface area (Å²) in [7, 11) is 0. The van der Waals surface area contributed by atoms with Crippen LogP contribution in [-0.2, 0) is 0 Å². The van der Waals surface area contributed by atoms with Gasteiger partial charge >= 0.3 is 0 Å². The van der Waals surface area contributed by atoms with Crippen molar-refractivity contribution in [1.82, 2.24) is 15.0 Å². The maximum Gasteiger partial charge on any atom is 0.274 e. The number of carbonyl (C=O) groups excluding carboxylic acids is 1. The molecule has 29 heavy (non-hydrogen) atoms. The first kappa shape index (κ1) is 18.9. The van der Waals surface area contributed by atoms with Crippen LogP contribution in [0.1, 0.15) is 35.4 Å². The minimum atomic E-state index is -0.237. The van der Waals surface area contributed by atoms with Gasteiger partial charge in [-0.2, -0.15) is 4.98 Å². The monoisotopic (exact) mass is 388 g/mol. The molecule has 1 amide bonds. The van der Waals surface area contributed by atoms with E-state index < -0.39 is 0 Å². The summed E-state index contributed by atoms with van der Waals surface area (Å²) in [4.78, 5) is 27.8. The Bertz CT molecular complexity index is 968. The normalized spacial score (nSPS) is 13.8. The van der Waals surface area contributed by atoms with Gasteiger partial charge in [-0.05, 0) is 62.6 Å². The summed E-state index contributed by atoms with van der Waals surface area (Å²) in [5, 5.41) is 6.11. The molecular formula is C22H24N6O. The summed E-state index contributed by atoms with van der Waals surface area (Å²) in [6, 6.07) is 14.7. The molecule has 0 radical (unpaired) electrons. The Morgan fingerprint density at radius 3 is 2.45 bits per heavy atom. The van der Waals surface area contributed by atoms with Gasteiger partial charge in [-0.25, -0.2) is 4.98 Å². The predicted molar refractivity (Wildman–Crippen MR) is 115 cm³/mol. The van der Waals surface area contributed by atoms with Crippen molar-refractivity contribution >= 4 is 29.0 Å². The molecule has 3 heterocycles. The fourth-order valence-corrected chi connectivity index (χ4v) is 3.35. The second kappa shape index (κ2) is 8.68. The van der Waals surface area contributed by atoms with Crippen molar-refractivity contribution in [3.05, 3.63) is 66.1 Å². The summed E-state index contributed by atoms with van der Waals surface area (Å²) < 4.78 is 0. The van der Waals surface area contributed by atoms with Gasteiger partial charge in [-0.15, -0.1) is 0 Å². The van der Waals surface area contributed by atoms with Crippen LogP contribution in [0.15, 0.2) is 54.7 Å². The molecule has 0 spiro atoms. The number of hydrogen-bond acceptors (Lipinski definition) is 6. The van der Waals surface area contributed by atoms with Crippen LogP contribution in [0.5, 0.6) is 0 Å². The minimum Gasteiger partial charge on any atom is -0.356 e. The van der Waals surface area contributed by atoms with Crippen LogP contribution in [0, 0.1) is 6.92 Å². The van der Waals surface area contributed by atoms with Gasteiger partial charge in [-0.3, -0.25) is 9.78 Å². The molecule has 2 aromatic heterocycles. The molecule has 0 atom stereocenters. The zero-order valence-electron chi connectivity index (χ0n) is 16.4. The summed E-state index contributed by atoms with van der Waals surface area (Å²) in [6.45, 7) is 4.07. The van der Waals surface area contributed by atoms with Crippen molar-refractivity contribution in [1.29, 1.82) is 0 Å². The molecule has 0 saturated carbocycles. The van der Waals surface area contributed by atoms with Gasteiger partial charge in [0, 0.05) is 42.4 Å². The highest BCUT2D eigenvalue weighted by atomic mass is 16.1. The summed E-state index contributed by atoms with van der Waals surface area (Å²) in [6.07, 6.45) is 5.30. The number of aromatic nitrogens is 3. The van der Waals surface area contributed by atoms with E-state index in [2.05, 4.69) is 30.5 Å². The largest absolute Gasteiger partial charge is 0.356 e. The van der Waals surface area contributed by atoms with Gasteiger partial charge in [0.1, 0.15) is 11.5 Å². The van der Waals surface area contributed by atoms with E-state index in [1.807, 2.05) is 37.3 Å². The van der Waals surface area contributed by atoms with Crippen molar-refractivity contribution in [2.45, 2.75) is 26.2 Å². The quantitative estimate of drug-likeness (QED) is 0.683. The lowest BCUT2D eigenvalue weighted by Crippen LogP contribution is -2.30. The van der Waals surface area contributed by atoms with Gasteiger partial charge in [0.05, 0.1) is 0 Å². The molecule has 1 aliphatic rings. The number of aryl methyl sites for hydroxylation is 1. The molecule has 148 valence electrons. The van der Waals surface area contributed by atoms with Crippen LogP contribution in [0.3, 0.4) is 0 Å². The topological polar surface area (TPSA) is 83.0 Å². The maximum absolute atomic E-state index is 12.2. The summed E-state index contributed by atoms with van der Waals surface area (Å²) >= 11 is 0. The molecule has 2 N–H and O–H groups in total. The number of hydrogen-bond donors (Lipinski definition) is 2. The molecule has 7 nitrogen and oxygen atoms in total. The Labute approximate surface area is 170 Å². The van der Waals surface area contributed by atoms with Crippen LogP contribution in [0.2, 0.25) is 0 Å². The van der Waals surface area contributed by atoms with Crippen LogP contribution in [0.25, 0.3) is 0 Å². The molecule has 1 aliphatic heterocycles. The van der Waals surface area contributed by atoms with Crippen molar-refractivity contribution in [3.8, 4) is 0 Å². The lowest BCUT2D eigenvalue weighted by Gasteiger charge is -2.28. The minimum absolute atomic E-state index is 0.237. The third-order valence-electron chi connectivity index (χ3n) is 4.82. The Morgan fingerprint density at radius 1 is 0.966 bits per heavy atom. The van der Waals surface area contributed by atoms with Crippen LogP contribution in [-0.4, -0.2) is 33.9 Å². The van der Waals surface area contributed by atoms with Crippen molar-refractivity contribution in [2.24, 2.45) is 0 Å². The van der Waals surface area contributed by atoms with E-state index in [1.54, 1.807) is 24.4 Å². The Morgan fingerprint density at radius 2 is 1.72 bits per heavy atom. The molecule has 3 aromatic rings. The van der Waals surface area contributed by atoms with Crippen molar-refractivity contribution in [3.63, 3.8) is 0 Å². The Kier molecular flexibility index (Phi) is 5.65. The molecule has 4 rings (SSSR count). The van der Waals surface area contributed by atoms with Gasteiger partial charge in [0.25, 0.3) is 5.91 Å². The highest BCUT2D eigenvalue weighted by molar-refractivity contribution is 6.02. The molecule has 0 unspecified atom stereocenters. The van der Waals surface area contributed by atoms with E-state index >= 15 is 0 Å². The number of amides is 1. The maximum atomic E-state index is 12.2. The second-order valence-corrected chi connectivity index (χ2v) is 7.11. The summed E-state index contributed by atoms with van der Waals surface area (Å²) in [5.74, 6) is 1.31. The second-order valence-electron chi connectivity index (χ2n) is 7.11. The average Bonchev–Trinajstić information content (AvgIpc) is 2.76.